The average Bonchev–Trinajstić information content (AvgIpc) is 2.38. The molecule has 2 rings (SSSR count). The molecule has 0 aliphatic carbocycles. The second-order valence-electron chi connectivity index (χ2n) is 4.20. The van der Waals surface area contributed by atoms with Crippen LogP contribution in [0.15, 0.2) is 42.5 Å². The first-order valence-electron chi connectivity index (χ1n) is 5.76. The van der Waals surface area contributed by atoms with Gasteiger partial charge in [0.25, 0.3) is 0 Å². The average molecular weight is 297 g/mol. The molecule has 4 heteroatoms. The maximum Gasteiger partial charge on any atom is 0.145 e. The molecule has 98 valence electrons. The number of carbonyl (C=O) groups excluding carboxylic acids is 1. The predicted molar refractivity (Wildman–Crippen MR) is 75.3 cm³/mol. The zero-order chi connectivity index (χ0) is 13.8. The lowest BCUT2D eigenvalue weighted by atomic mass is 10.0. The van der Waals surface area contributed by atoms with Gasteiger partial charge in [0.2, 0.25) is 0 Å². The number of ketones is 1. The summed E-state index contributed by atoms with van der Waals surface area (Å²) in [5, 5.41) is 0.574. The first kappa shape index (κ1) is 14.0. The minimum Gasteiger partial charge on any atom is -0.299 e. The lowest BCUT2D eigenvalue weighted by Gasteiger charge is -2.05. The molecule has 0 spiro atoms. The third-order valence-electron chi connectivity index (χ3n) is 2.76. The highest BCUT2D eigenvalue weighted by Crippen LogP contribution is 2.20. The number of rotatable bonds is 4. The van der Waals surface area contributed by atoms with Crippen molar-refractivity contribution in [2.45, 2.75) is 12.8 Å². The minimum absolute atomic E-state index is 0.0115. The Balaban J connectivity index is 2.10. The van der Waals surface area contributed by atoms with Crippen LogP contribution in [0.4, 0.5) is 4.39 Å². The van der Waals surface area contributed by atoms with E-state index in [0.717, 1.165) is 5.56 Å². The molecule has 0 radical (unpaired) electrons. The summed E-state index contributed by atoms with van der Waals surface area (Å²) < 4.78 is 13.7. The van der Waals surface area contributed by atoms with E-state index >= 15 is 0 Å². The van der Waals surface area contributed by atoms with Gasteiger partial charge in [-0.2, -0.15) is 0 Å². The van der Waals surface area contributed by atoms with Gasteiger partial charge < -0.3 is 0 Å². The van der Waals surface area contributed by atoms with E-state index in [0.29, 0.717) is 10.6 Å². The van der Waals surface area contributed by atoms with Gasteiger partial charge in [0.05, 0.1) is 5.02 Å². The predicted octanol–water partition coefficient (Wildman–Crippen LogP) is 4.49. The van der Waals surface area contributed by atoms with Crippen LogP contribution in [-0.2, 0) is 17.6 Å². The number of benzene rings is 2. The Bertz CT molecular complexity index is 611. The Morgan fingerprint density at radius 2 is 1.47 bits per heavy atom. The van der Waals surface area contributed by atoms with Crippen LogP contribution in [0.3, 0.4) is 0 Å². The van der Waals surface area contributed by atoms with Crippen LogP contribution < -0.4 is 0 Å². The van der Waals surface area contributed by atoms with Crippen molar-refractivity contribution in [3.63, 3.8) is 0 Å². The monoisotopic (exact) mass is 296 g/mol. The van der Waals surface area contributed by atoms with Gasteiger partial charge in [-0.25, -0.2) is 4.39 Å². The lowest BCUT2D eigenvalue weighted by molar-refractivity contribution is -0.117. The summed E-state index contributed by atoms with van der Waals surface area (Å²) in [4.78, 5) is 11.9. The topological polar surface area (TPSA) is 17.1 Å². The van der Waals surface area contributed by atoms with Gasteiger partial charge >= 0.3 is 0 Å². The fourth-order valence-electron chi connectivity index (χ4n) is 1.81. The highest BCUT2D eigenvalue weighted by atomic mass is 35.5. The molecule has 1 nitrogen and oxygen atoms in total. The number of carbonyl (C=O) groups is 1. The molecular formula is C15H11Cl2FO. The van der Waals surface area contributed by atoms with E-state index in [9.17, 15) is 9.18 Å². The van der Waals surface area contributed by atoms with E-state index in [1.165, 1.54) is 6.07 Å². The molecule has 0 aromatic heterocycles. The van der Waals surface area contributed by atoms with E-state index in [1.54, 1.807) is 30.3 Å². The van der Waals surface area contributed by atoms with Crippen molar-refractivity contribution in [3.8, 4) is 0 Å². The fraction of sp³-hybridized carbons (Fsp3) is 0.133. The molecule has 0 fully saturated rings. The van der Waals surface area contributed by atoms with E-state index < -0.39 is 5.82 Å². The van der Waals surface area contributed by atoms with Crippen molar-refractivity contribution in [1.82, 2.24) is 0 Å². The molecule has 19 heavy (non-hydrogen) atoms. The Labute approximate surface area is 121 Å². The van der Waals surface area contributed by atoms with Gasteiger partial charge in [0.1, 0.15) is 11.6 Å². The second kappa shape index (κ2) is 6.18. The molecule has 0 saturated carbocycles. The van der Waals surface area contributed by atoms with E-state index in [-0.39, 0.29) is 23.6 Å². The highest BCUT2D eigenvalue weighted by Gasteiger charge is 2.12. The van der Waals surface area contributed by atoms with Crippen LogP contribution >= 0.6 is 23.2 Å². The van der Waals surface area contributed by atoms with Crippen molar-refractivity contribution in [1.29, 1.82) is 0 Å². The summed E-state index contributed by atoms with van der Waals surface area (Å²) in [6.45, 7) is 0. The maximum atomic E-state index is 13.7. The zero-order valence-corrected chi connectivity index (χ0v) is 11.5. The van der Waals surface area contributed by atoms with Gasteiger partial charge in [0.15, 0.2) is 0 Å². The van der Waals surface area contributed by atoms with Crippen LogP contribution in [0.5, 0.6) is 0 Å². The van der Waals surface area contributed by atoms with Gasteiger partial charge in [0, 0.05) is 17.9 Å². The number of hydrogen-bond acceptors (Lipinski definition) is 1. The first-order valence-corrected chi connectivity index (χ1v) is 6.51. The van der Waals surface area contributed by atoms with E-state index in [1.807, 2.05) is 6.07 Å². The van der Waals surface area contributed by atoms with Gasteiger partial charge in [-0.1, -0.05) is 53.5 Å². The smallest absolute Gasteiger partial charge is 0.145 e. The molecule has 0 heterocycles. The molecule has 0 aliphatic heterocycles. The summed E-state index contributed by atoms with van der Waals surface area (Å²) in [6.07, 6.45) is 0.198. The molecule has 0 N–H and O–H groups in total. The van der Waals surface area contributed by atoms with Crippen molar-refractivity contribution in [3.05, 3.63) is 69.5 Å². The first-order chi connectivity index (χ1) is 9.08. The van der Waals surface area contributed by atoms with Crippen molar-refractivity contribution in [2.24, 2.45) is 0 Å². The van der Waals surface area contributed by atoms with Crippen LogP contribution in [-0.4, -0.2) is 5.78 Å². The number of halogens is 3. The summed E-state index contributed by atoms with van der Waals surface area (Å²) >= 11 is 11.7. The third-order valence-corrected chi connectivity index (χ3v) is 3.43. The largest absolute Gasteiger partial charge is 0.299 e. The fourth-order valence-corrected chi connectivity index (χ4v) is 2.21. The summed E-state index contributed by atoms with van der Waals surface area (Å²) in [6, 6.07) is 11.8. The molecule has 0 amide bonds. The standard InChI is InChI=1S/C15H11Cl2FO/c16-13-6-2-1-4-10(13)8-12(19)9-11-5-3-7-14(17)15(11)18/h1-7H,8-9H2. The minimum atomic E-state index is -0.531. The van der Waals surface area contributed by atoms with Crippen molar-refractivity contribution >= 4 is 29.0 Å². The summed E-state index contributed by atoms with van der Waals surface area (Å²) in [5.74, 6) is -0.633. The molecule has 0 unspecified atom stereocenters. The van der Waals surface area contributed by atoms with E-state index in [2.05, 4.69) is 0 Å². The Morgan fingerprint density at radius 3 is 2.21 bits per heavy atom. The second-order valence-corrected chi connectivity index (χ2v) is 5.01. The molecule has 0 atom stereocenters. The maximum absolute atomic E-state index is 13.7. The summed E-state index contributed by atoms with van der Waals surface area (Å²) in [5.41, 5.74) is 1.06. The molecule has 2 aromatic carbocycles. The van der Waals surface area contributed by atoms with Crippen LogP contribution in [0.25, 0.3) is 0 Å². The van der Waals surface area contributed by atoms with Crippen LogP contribution in [0.2, 0.25) is 10.0 Å². The molecule has 2 aromatic rings. The normalized spacial score (nSPS) is 10.5. The van der Waals surface area contributed by atoms with Gasteiger partial charge in [-0.15, -0.1) is 0 Å². The number of Topliss-reactive ketones (excluding diaryl/α,β-unsaturated/α-hetero) is 1. The highest BCUT2D eigenvalue weighted by molar-refractivity contribution is 6.31. The van der Waals surface area contributed by atoms with Crippen molar-refractivity contribution < 1.29 is 9.18 Å². The SMILES string of the molecule is O=C(Cc1ccccc1Cl)Cc1cccc(Cl)c1F. The Kier molecular flexibility index (Phi) is 4.56. The Morgan fingerprint density at radius 1 is 0.895 bits per heavy atom. The Hall–Kier alpha value is -1.38. The zero-order valence-electron chi connectivity index (χ0n) is 10.00. The van der Waals surface area contributed by atoms with Crippen LogP contribution in [0, 0.1) is 5.82 Å². The number of hydrogen-bond donors (Lipinski definition) is 0. The molecular weight excluding hydrogens is 286 g/mol. The molecule has 0 bridgehead atoms. The van der Waals surface area contributed by atoms with Gasteiger partial charge in [-0.05, 0) is 23.3 Å². The third kappa shape index (κ3) is 3.55. The molecule has 0 aliphatic rings. The molecule has 0 saturated heterocycles. The van der Waals surface area contributed by atoms with Gasteiger partial charge in [-0.3, -0.25) is 4.79 Å². The summed E-state index contributed by atoms with van der Waals surface area (Å²) in [7, 11) is 0. The quantitative estimate of drug-likeness (QED) is 0.812. The van der Waals surface area contributed by atoms with Crippen LogP contribution in [0.1, 0.15) is 11.1 Å². The van der Waals surface area contributed by atoms with Crippen molar-refractivity contribution in [2.75, 3.05) is 0 Å². The van der Waals surface area contributed by atoms with E-state index in [4.69, 9.17) is 23.2 Å². The lowest BCUT2D eigenvalue weighted by Crippen LogP contribution is -2.08.